The van der Waals surface area contributed by atoms with Gasteiger partial charge in [-0.1, -0.05) is 74.0 Å². The zero-order valence-corrected chi connectivity index (χ0v) is 21.2. The number of amides is 1. The highest BCUT2D eigenvalue weighted by Crippen LogP contribution is 2.38. The first-order chi connectivity index (χ1) is 16.9. The predicted octanol–water partition coefficient (Wildman–Crippen LogP) is 6.46. The van der Waals surface area contributed by atoms with E-state index in [4.69, 9.17) is 11.6 Å². The maximum Gasteiger partial charge on any atom is 0.417 e. The number of hydrogen-bond donors (Lipinski definition) is 1. The summed E-state index contributed by atoms with van der Waals surface area (Å²) in [5, 5.41) is 2.28. The maximum absolute atomic E-state index is 13.5. The van der Waals surface area contributed by atoms with Gasteiger partial charge in [0.05, 0.1) is 27.2 Å². The molecule has 1 atom stereocenters. The summed E-state index contributed by atoms with van der Waals surface area (Å²) < 4.78 is 68.2. The third-order valence-corrected chi connectivity index (χ3v) is 7.52. The molecule has 3 aromatic carbocycles. The van der Waals surface area contributed by atoms with Crippen molar-refractivity contribution in [1.82, 2.24) is 5.32 Å². The lowest BCUT2D eigenvalue weighted by molar-refractivity contribution is -0.137. The molecule has 0 aliphatic carbocycles. The summed E-state index contributed by atoms with van der Waals surface area (Å²) in [6.07, 6.45) is -4.23. The van der Waals surface area contributed by atoms with E-state index < -0.39 is 45.3 Å². The summed E-state index contributed by atoms with van der Waals surface area (Å²) in [7, 11) is -4.39. The highest BCUT2D eigenvalue weighted by atomic mass is 35.5. The van der Waals surface area contributed by atoms with Crippen molar-refractivity contribution in [3.8, 4) is 0 Å². The van der Waals surface area contributed by atoms with Crippen molar-refractivity contribution in [2.75, 3.05) is 10.8 Å². The Hall–Kier alpha value is -3.04. The Bertz CT molecular complexity index is 1280. The molecule has 0 saturated heterocycles. The third-order valence-electron chi connectivity index (χ3n) is 5.41. The first-order valence-corrected chi connectivity index (χ1v) is 13.0. The van der Waals surface area contributed by atoms with Gasteiger partial charge in [0, 0.05) is 0 Å². The molecule has 0 aliphatic heterocycles. The molecule has 0 spiro atoms. The van der Waals surface area contributed by atoms with Gasteiger partial charge in [0.25, 0.3) is 10.0 Å². The van der Waals surface area contributed by atoms with Crippen LogP contribution in [0.15, 0.2) is 83.8 Å². The molecule has 0 saturated carbocycles. The van der Waals surface area contributed by atoms with Gasteiger partial charge in [-0.3, -0.25) is 9.10 Å². The highest BCUT2D eigenvalue weighted by Gasteiger charge is 2.35. The Morgan fingerprint density at radius 3 is 2.11 bits per heavy atom. The lowest BCUT2D eigenvalue weighted by atomic mass is 9.97. The molecule has 192 valence electrons. The van der Waals surface area contributed by atoms with Crippen LogP contribution < -0.4 is 9.62 Å². The summed E-state index contributed by atoms with van der Waals surface area (Å²) in [4.78, 5) is 13.0. The number of nitrogens with zero attached hydrogens (tertiary/aromatic N) is 1. The van der Waals surface area contributed by atoms with E-state index in [1.807, 2.05) is 44.2 Å². The van der Waals surface area contributed by atoms with E-state index in [0.29, 0.717) is 16.8 Å². The fraction of sp³-hybridized carbons (Fsp3) is 0.269. The average molecular weight is 539 g/mol. The van der Waals surface area contributed by atoms with Crippen molar-refractivity contribution in [2.45, 2.75) is 37.4 Å². The second kappa shape index (κ2) is 11.3. The quantitative estimate of drug-likeness (QED) is 0.340. The molecule has 0 aromatic heterocycles. The summed E-state index contributed by atoms with van der Waals surface area (Å²) in [6, 6.07) is 18.7. The highest BCUT2D eigenvalue weighted by molar-refractivity contribution is 7.92. The summed E-state index contributed by atoms with van der Waals surface area (Å²) >= 11 is 5.74. The molecule has 0 heterocycles. The van der Waals surface area contributed by atoms with Crippen LogP contribution in [0.5, 0.6) is 0 Å². The van der Waals surface area contributed by atoms with Gasteiger partial charge in [0.1, 0.15) is 6.54 Å². The van der Waals surface area contributed by atoms with E-state index >= 15 is 0 Å². The second-order valence-corrected chi connectivity index (χ2v) is 10.9. The monoisotopic (exact) mass is 538 g/mol. The summed E-state index contributed by atoms with van der Waals surface area (Å²) in [6.45, 7) is 3.25. The molecule has 36 heavy (non-hydrogen) atoms. The molecule has 0 aliphatic rings. The molecule has 0 unspecified atom stereocenters. The molecule has 10 heteroatoms. The summed E-state index contributed by atoms with van der Waals surface area (Å²) in [5.41, 5.74) is -0.689. The zero-order valence-electron chi connectivity index (χ0n) is 19.7. The first-order valence-electron chi connectivity index (χ1n) is 11.2. The molecule has 5 nitrogen and oxygen atoms in total. The van der Waals surface area contributed by atoms with Crippen LogP contribution in [0.1, 0.15) is 37.4 Å². The van der Waals surface area contributed by atoms with Crippen LogP contribution in [0.3, 0.4) is 0 Å². The fourth-order valence-electron chi connectivity index (χ4n) is 3.73. The number of nitrogens with one attached hydrogen (secondary N) is 1. The Kier molecular flexibility index (Phi) is 8.68. The lowest BCUT2D eigenvalue weighted by Crippen LogP contribution is -2.42. The second-order valence-electron chi connectivity index (χ2n) is 8.65. The number of carbonyl (C=O) groups excluding carboxylic acids is 1. The van der Waals surface area contributed by atoms with Gasteiger partial charge in [0.2, 0.25) is 5.91 Å². The molecule has 3 aromatic rings. The van der Waals surface area contributed by atoms with E-state index in [9.17, 15) is 26.4 Å². The number of hydrogen-bond acceptors (Lipinski definition) is 3. The van der Waals surface area contributed by atoms with Crippen molar-refractivity contribution >= 4 is 33.2 Å². The Morgan fingerprint density at radius 2 is 1.56 bits per heavy atom. The number of anilines is 1. The van der Waals surface area contributed by atoms with Crippen LogP contribution in [0.2, 0.25) is 5.02 Å². The lowest BCUT2D eigenvalue weighted by Gasteiger charge is -2.27. The fourth-order valence-corrected chi connectivity index (χ4v) is 5.38. The van der Waals surface area contributed by atoms with E-state index in [1.165, 1.54) is 24.3 Å². The van der Waals surface area contributed by atoms with Crippen molar-refractivity contribution in [1.29, 1.82) is 0 Å². The first kappa shape index (κ1) is 27.5. The Morgan fingerprint density at radius 1 is 0.972 bits per heavy atom. The number of sulfonamides is 1. The molecule has 0 radical (unpaired) electrons. The van der Waals surface area contributed by atoms with Crippen molar-refractivity contribution < 1.29 is 26.4 Å². The van der Waals surface area contributed by atoms with E-state index in [-0.39, 0.29) is 16.5 Å². The number of benzene rings is 3. The van der Waals surface area contributed by atoms with Crippen LogP contribution in [0.4, 0.5) is 18.9 Å². The molecule has 0 fully saturated rings. The van der Waals surface area contributed by atoms with Gasteiger partial charge in [-0.05, 0) is 48.2 Å². The van der Waals surface area contributed by atoms with Gasteiger partial charge in [0.15, 0.2) is 0 Å². The van der Waals surface area contributed by atoms with E-state index in [1.54, 1.807) is 6.07 Å². The molecular formula is C26H26ClF3N2O3S. The largest absolute Gasteiger partial charge is 0.417 e. The van der Waals surface area contributed by atoms with Crippen molar-refractivity contribution in [3.05, 3.63) is 95.0 Å². The van der Waals surface area contributed by atoms with Crippen LogP contribution >= 0.6 is 11.6 Å². The Labute approximate surface area is 213 Å². The number of alkyl halides is 3. The SMILES string of the molecule is CC(C)C[C@@H](NC(=O)CN(c1ccc(Cl)c(C(F)(F)F)c1)S(=O)(=O)c1ccccc1)c1ccccc1. The van der Waals surface area contributed by atoms with Crippen molar-refractivity contribution in [2.24, 2.45) is 5.92 Å². The molecule has 1 amide bonds. The van der Waals surface area contributed by atoms with Gasteiger partial charge in [-0.2, -0.15) is 13.2 Å². The molecule has 0 bridgehead atoms. The van der Waals surface area contributed by atoms with Crippen LogP contribution in [0, 0.1) is 5.92 Å². The zero-order chi connectivity index (χ0) is 26.5. The number of carbonyl (C=O) groups is 1. The minimum atomic E-state index is -4.81. The smallest absolute Gasteiger partial charge is 0.348 e. The van der Waals surface area contributed by atoms with E-state index in [2.05, 4.69) is 5.32 Å². The number of rotatable bonds is 9. The molecule has 3 rings (SSSR count). The third kappa shape index (κ3) is 6.79. The van der Waals surface area contributed by atoms with Crippen LogP contribution in [-0.4, -0.2) is 20.9 Å². The standard InChI is InChI=1S/C26H26ClF3N2O3S/c1-18(2)15-24(19-9-5-3-6-10-19)31-25(33)17-32(36(34,35)21-11-7-4-8-12-21)20-13-14-23(27)22(16-20)26(28,29)30/h3-14,16,18,24H,15,17H2,1-2H3,(H,31,33)/t24-/m1/s1. The molecule has 1 N–H and O–H groups in total. The van der Waals surface area contributed by atoms with E-state index in [0.717, 1.165) is 17.7 Å². The van der Waals surface area contributed by atoms with Gasteiger partial charge in [-0.15, -0.1) is 0 Å². The normalized spacial score (nSPS) is 12.9. The minimum Gasteiger partial charge on any atom is -0.348 e. The van der Waals surface area contributed by atoms with Gasteiger partial charge in [-0.25, -0.2) is 8.42 Å². The maximum atomic E-state index is 13.5. The topological polar surface area (TPSA) is 66.5 Å². The average Bonchev–Trinajstić information content (AvgIpc) is 2.82. The van der Waals surface area contributed by atoms with Gasteiger partial charge >= 0.3 is 6.18 Å². The molecular weight excluding hydrogens is 513 g/mol. The van der Waals surface area contributed by atoms with Gasteiger partial charge < -0.3 is 5.32 Å². The van der Waals surface area contributed by atoms with Crippen LogP contribution in [0.25, 0.3) is 0 Å². The van der Waals surface area contributed by atoms with Crippen LogP contribution in [-0.2, 0) is 21.0 Å². The summed E-state index contributed by atoms with van der Waals surface area (Å²) in [5.74, 6) is -0.446. The number of halogens is 4. The predicted molar refractivity (Wildman–Crippen MR) is 134 cm³/mol. The Balaban J connectivity index is 2.01. The minimum absolute atomic E-state index is 0.164. The van der Waals surface area contributed by atoms with Crippen molar-refractivity contribution in [3.63, 3.8) is 0 Å².